The molecule has 0 saturated heterocycles. The van der Waals surface area contributed by atoms with Crippen LogP contribution < -0.4 is 5.73 Å². The van der Waals surface area contributed by atoms with E-state index in [4.69, 9.17) is 5.73 Å². The fourth-order valence-electron chi connectivity index (χ4n) is 2.10. The summed E-state index contributed by atoms with van der Waals surface area (Å²) in [7, 11) is 0. The highest BCUT2D eigenvalue weighted by Gasteiger charge is 2.05. The maximum absolute atomic E-state index is 6.02. The van der Waals surface area contributed by atoms with E-state index in [-0.39, 0.29) is 0 Å². The number of benzene rings is 2. The van der Waals surface area contributed by atoms with Crippen LogP contribution in [0.2, 0.25) is 0 Å². The first kappa shape index (κ1) is 14.4. The lowest BCUT2D eigenvalue weighted by atomic mass is 10.2. The van der Waals surface area contributed by atoms with Gasteiger partial charge in [0.25, 0.3) is 0 Å². The molecule has 1 heterocycles. The summed E-state index contributed by atoms with van der Waals surface area (Å²) in [6.45, 7) is 0. The van der Waals surface area contributed by atoms with Gasteiger partial charge < -0.3 is 10.3 Å². The van der Waals surface area contributed by atoms with Crippen molar-refractivity contribution in [3.8, 4) is 5.69 Å². The molecule has 110 valence electrons. The molecule has 0 bridgehead atoms. The maximum Gasteiger partial charge on any atom is 0.159 e. The quantitative estimate of drug-likeness (QED) is 0.590. The minimum Gasteiger partial charge on any atom is -0.378 e. The van der Waals surface area contributed by atoms with Crippen LogP contribution in [0.25, 0.3) is 5.69 Å². The van der Waals surface area contributed by atoms with Crippen LogP contribution in [0.5, 0.6) is 0 Å². The predicted molar refractivity (Wildman–Crippen MR) is 92.6 cm³/mol. The number of aliphatic imine (C=N–C) groups is 1. The Kier molecular flexibility index (Phi) is 4.56. The summed E-state index contributed by atoms with van der Waals surface area (Å²) in [6, 6.07) is 18.0. The molecule has 22 heavy (non-hydrogen) atoms. The molecule has 0 fully saturated rings. The Bertz CT molecular complexity index is 751. The Labute approximate surface area is 133 Å². The molecule has 0 radical (unpaired) electrons. The summed E-state index contributed by atoms with van der Waals surface area (Å²) in [5.74, 6) is 0.760. The van der Waals surface area contributed by atoms with Crippen LogP contribution in [0.4, 0.5) is 5.69 Å². The van der Waals surface area contributed by atoms with Crippen molar-refractivity contribution in [1.82, 2.24) is 9.55 Å². The Hall–Kier alpha value is -2.53. The maximum atomic E-state index is 6.02. The number of para-hydroxylation sites is 2. The second-order valence-corrected chi connectivity index (χ2v) is 5.67. The lowest BCUT2D eigenvalue weighted by Crippen LogP contribution is -2.07. The Balaban J connectivity index is 1.73. The van der Waals surface area contributed by atoms with Gasteiger partial charge in [0, 0.05) is 18.1 Å². The van der Waals surface area contributed by atoms with Gasteiger partial charge in [-0.3, -0.25) is 0 Å². The average Bonchev–Trinajstić information content (AvgIpc) is 3.08. The van der Waals surface area contributed by atoms with Crippen molar-refractivity contribution in [1.29, 1.82) is 0 Å². The van der Waals surface area contributed by atoms with Crippen LogP contribution in [-0.4, -0.2) is 14.7 Å². The summed E-state index contributed by atoms with van der Waals surface area (Å²) in [6.07, 6.45) is 5.50. The number of nitrogens with two attached hydrogens (primary N) is 1. The highest BCUT2D eigenvalue weighted by molar-refractivity contribution is 8.13. The lowest BCUT2D eigenvalue weighted by Gasteiger charge is -2.09. The number of thioether (sulfide) groups is 1. The average molecular weight is 308 g/mol. The van der Waals surface area contributed by atoms with Crippen LogP contribution in [0.3, 0.4) is 0 Å². The minimum absolute atomic E-state index is 0.562. The van der Waals surface area contributed by atoms with Crippen LogP contribution in [-0.2, 0) is 5.75 Å². The number of hydrogen-bond donors (Lipinski definition) is 1. The summed E-state index contributed by atoms with van der Waals surface area (Å²) >= 11 is 1.53. The summed E-state index contributed by atoms with van der Waals surface area (Å²) < 4.78 is 2.00. The molecule has 0 amide bonds. The second-order valence-electron chi connectivity index (χ2n) is 4.67. The van der Waals surface area contributed by atoms with E-state index in [1.165, 1.54) is 17.3 Å². The van der Waals surface area contributed by atoms with Gasteiger partial charge in [-0.05, 0) is 23.8 Å². The van der Waals surface area contributed by atoms with Crippen molar-refractivity contribution < 1.29 is 0 Å². The van der Waals surface area contributed by atoms with Crippen LogP contribution >= 0.6 is 11.8 Å². The van der Waals surface area contributed by atoms with Crippen molar-refractivity contribution >= 4 is 22.6 Å². The van der Waals surface area contributed by atoms with Gasteiger partial charge in [-0.1, -0.05) is 48.2 Å². The number of amidine groups is 1. The molecule has 3 rings (SSSR count). The van der Waals surface area contributed by atoms with Crippen LogP contribution in [0.15, 0.2) is 78.3 Å². The number of imidazole rings is 1. The topological polar surface area (TPSA) is 56.2 Å². The molecule has 1 aromatic heterocycles. The normalized spacial score (nSPS) is 11.5. The largest absolute Gasteiger partial charge is 0.378 e. The first-order chi connectivity index (χ1) is 10.8. The van der Waals surface area contributed by atoms with Gasteiger partial charge in [-0.2, -0.15) is 0 Å². The van der Waals surface area contributed by atoms with Crippen LogP contribution in [0.1, 0.15) is 5.56 Å². The van der Waals surface area contributed by atoms with Crippen LogP contribution in [0, 0.1) is 0 Å². The van der Waals surface area contributed by atoms with E-state index in [0.29, 0.717) is 5.17 Å². The molecular weight excluding hydrogens is 292 g/mol. The third-order valence-electron chi connectivity index (χ3n) is 3.15. The molecule has 0 atom stereocenters. The first-order valence-corrected chi connectivity index (χ1v) is 7.90. The standard InChI is InChI=1S/C17H16N4S/c18-17(20-15-7-2-1-3-8-15)22-12-14-6-4-5-9-16(14)21-11-10-19-13-21/h1-11,13H,12H2,(H2,18,20). The number of hydrogen-bond acceptors (Lipinski definition) is 3. The Morgan fingerprint density at radius 3 is 2.64 bits per heavy atom. The zero-order valence-electron chi connectivity index (χ0n) is 12.0. The van der Waals surface area contributed by atoms with Gasteiger partial charge in [0.1, 0.15) is 0 Å². The Morgan fingerprint density at radius 2 is 1.86 bits per heavy atom. The molecule has 5 heteroatoms. The van der Waals surface area contributed by atoms with E-state index in [9.17, 15) is 0 Å². The van der Waals surface area contributed by atoms with Gasteiger partial charge in [0.15, 0.2) is 5.17 Å². The molecule has 0 aliphatic rings. The molecule has 0 saturated carbocycles. The molecule has 2 N–H and O–H groups in total. The van der Waals surface area contributed by atoms with Crippen molar-refractivity contribution in [2.45, 2.75) is 5.75 Å². The van der Waals surface area contributed by atoms with Crippen molar-refractivity contribution in [3.63, 3.8) is 0 Å². The van der Waals surface area contributed by atoms with E-state index in [0.717, 1.165) is 17.1 Å². The number of nitrogens with zero attached hydrogens (tertiary/aromatic N) is 3. The smallest absolute Gasteiger partial charge is 0.159 e. The monoisotopic (exact) mass is 308 g/mol. The van der Waals surface area contributed by atoms with E-state index in [1.54, 1.807) is 12.5 Å². The molecule has 3 aromatic rings. The summed E-state index contributed by atoms with van der Waals surface area (Å²) in [5, 5.41) is 0.562. The number of rotatable bonds is 4. The fourth-order valence-corrected chi connectivity index (χ4v) is 2.82. The van der Waals surface area contributed by atoms with Gasteiger partial charge in [-0.25, -0.2) is 9.98 Å². The predicted octanol–water partition coefficient (Wildman–Crippen LogP) is 3.75. The zero-order chi connectivity index (χ0) is 15.2. The van der Waals surface area contributed by atoms with Gasteiger partial charge in [0.05, 0.1) is 17.7 Å². The molecule has 0 unspecified atom stereocenters. The summed E-state index contributed by atoms with van der Waals surface area (Å²) in [5.41, 5.74) is 9.19. The molecule has 4 nitrogen and oxygen atoms in total. The van der Waals surface area contributed by atoms with Gasteiger partial charge in [0.2, 0.25) is 0 Å². The SMILES string of the molecule is NC(=Nc1ccccc1)SCc1ccccc1-n1ccnc1. The molecule has 0 aliphatic heterocycles. The molecule has 0 spiro atoms. The van der Waals surface area contributed by atoms with Gasteiger partial charge >= 0.3 is 0 Å². The fraction of sp³-hybridized carbons (Fsp3) is 0.0588. The van der Waals surface area contributed by atoms with Crippen molar-refractivity contribution in [2.75, 3.05) is 0 Å². The van der Waals surface area contributed by atoms with E-state index in [1.807, 2.05) is 53.2 Å². The summed E-state index contributed by atoms with van der Waals surface area (Å²) in [4.78, 5) is 8.50. The minimum atomic E-state index is 0.562. The van der Waals surface area contributed by atoms with E-state index < -0.39 is 0 Å². The van der Waals surface area contributed by atoms with E-state index in [2.05, 4.69) is 22.1 Å². The molecular formula is C17H16N4S. The lowest BCUT2D eigenvalue weighted by molar-refractivity contribution is 1.04. The third kappa shape index (κ3) is 3.56. The molecule has 2 aromatic carbocycles. The Morgan fingerprint density at radius 1 is 1.09 bits per heavy atom. The van der Waals surface area contributed by atoms with Gasteiger partial charge in [-0.15, -0.1) is 0 Å². The highest BCUT2D eigenvalue weighted by atomic mass is 32.2. The zero-order valence-corrected chi connectivity index (χ0v) is 12.8. The second kappa shape index (κ2) is 6.95. The highest BCUT2D eigenvalue weighted by Crippen LogP contribution is 2.21. The van der Waals surface area contributed by atoms with E-state index >= 15 is 0 Å². The van der Waals surface area contributed by atoms with Crippen molar-refractivity contribution in [3.05, 3.63) is 78.9 Å². The third-order valence-corrected chi connectivity index (χ3v) is 3.99. The number of aromatic nitrogens is 2. The van der Waals surface area contributed by atoms with Crippen molar-refractivity contribution in [2.24, 2.45) is 10.7 Å². The molecule has 0 aliphatic carbocycles. The first-order valence-electron chi connectivity index (χ1n) is 6.91.